The van der Waals surface area contributed by atoms with E-state index in [1.807, 2.05) is 0 Å². The number of allylic oxidation sites excluding steroid dienone is 1. The molecule has 20 heavy (non-hydrogen) atoms. The smallest absolute Gasteiger partial charge is 0.0279 e. The zero-order valence-electron chi connectivity index (χ0n) is 11.5. The molecule has 0 saturated carbocycles. The molecular formula is C20H16. The molecule has 0 heteroatoms. The summed E-state index contributed by atoms with van der Waals surface area (Å²) in [4.78, 5) is 0. The molecule has 3 aromatic carbocycles. The van der Waals surface area contributed by atoms with E-state index < -0.39 is 0 Å². The Morgan fingerprint density at radius 2 is 1.55 bits per heavy atom. The van der Waals surface area contributed by atoms with E-state index >= 15 is 0 Å². The van der Waals surface area contributed by atoms with E-state index in [4.69, 9.17) is 0 Å². The van der Waals surface area contributed by atoms with Crippen LogP contribution >= 0.6 is 0 Å². The van der Waals surface area contributed by atoms with Gasteiger partial charge in [0, 0.05) is 5.92 Å². The van der Waals surface area contributed by atoms with Gasteiger partial charge in [-0.2, -0.15) is 0 Å². The van der Waals surface area contributed by atoms with Crippen LogP contribution in [0.25, 0.3) is 16.8 Å². The largest absolute Gasteiger partial charge is 0.0720 e. The van der Waals surface area contributed by atoms with Crippen molar-refractivity contribution in [2.45, 2.75) is 12.8 Å². The highest BCUT2D eigenvalue weighted by Gasteiger charge is 2.18. The molecule has 1 aliphatic rings. The van der Waals surface area contributed by atoms with Crippen LogP contribution in [-0.2, 0) is 0 Å². The van der Waals surface area contributed by atoms with Crippen molar-refractivity contribution in [1.82, 2.24) is 0 Å². The zero-order valence-corrected chi connectivity index (χ0v) is 11.5. The lowest BCUT2D eigenvalue weighted by Gasteiger charge is -2.21. The van der Waals surface area contributed by atoms with E-state index in [1.54, 1.807) is 0 Å². The first-order chi connectivity index (χ1) is 9.83. The molecule has 0 spiro atoms. The van der Waals surface area contributed by atoms with Gasteiger partial charge in [0.05, 0.1) is 0 Å². The van der Waals surface area contributed by atoms with Gasteiger partial charge in [-0.3, -0.25) is 0 Å². The summed E-state index contributed by atoms with van der Waals surface area (Å²) in [5.74, 6) is 0.370. The Morgan fingerprint density at radius 3 is 2.35 bits per heavy atom. The zero-order chi connectivity index (χ0) is 13.5. The predicted molar refractivity (Wildman–Crippen MR) is 86.0 cm³/mol. The Labute approximate surface area is 119 Å². The molecule has 0 aliphatic heterocycles. The molecule has 1 aliphatic carbocycles. The normalized spacial score (nSPS) is 16.6. The molecule has 0 saturated heterocycles. The van der Waals surface area contributed by atoms with Gasteiger partial charge in [0.25, 0.3) is 0 Å². The van der Waals surface area contributed by atoms with Gasteiger partial charge in [0.2, 0.25) is 0 Å². The third kappa shape index (κ3) is 1.69. The van der Waals surface area contributed by atoms with Crippen molar-refractivity contribution in [2.24, 2.45) is 0 Å². The monoisotopic (exact) mass is 256 g/mol. The van der Waals surface area contributed by atoms with Crippen molar-refractivity contribution in [2.75, 3.05) is 0 Å². The van der Waals surface area contributed by atoms with Gasteiger partial charge in [-0.1, -0.05) is 78.4 Å². The predicted octanol–water partition coefficient (Wildman–Crippen LogP) is 5.31. The van der Waals surface area contributed by atoms with E-state index in [2.05, 4.69) is 79.7 Å². The van der Waals surface area contributed by atoms with Crippen LogP contribution in [0.4, 0.5) is 0 Å². The van der Waals surface area contributed by atoms with Crippen molar-refractivity contribution in [3.63, 3.8) is 0 Å². The average molecular weight is 256 g/mol. The molecule has 4 rings (SSSR count). The molecule has 1 unspecified atom stereocenters. The van der Waals surface area contributed by atoms with E-state index in [0.717, 1.165) is 0 Å². The maximum atomic E-state index is 2.32. The Bertz CT molecular complexity index is 802. The summed E-state index contributed by atoms with van der Waals surface area (Å²) in [6.45, 7) is 2.14. The maximum Gasteiger partial charge on any atom is 0.0279 e. The lowest BCUT2D eigenvalue weighted by atomic mass is 9.82. The van der Waals surface area contributed by atoms with Crippen LogP contribution in [0, 0.1) is 6.92 Å². The van der Waals surface area contributed by atoms with Crippen LogP contribution < -0.4 is 0 Å². The Kier molecular flexibility index (Phi) is 2.50. The fourth-order valence-corrected chi connectivity index (χ4v) is 3.17. The van der Waals surface area contributed by atoms with E-state index in [1.165, 1.54) is 33.0 Å². The molecule has 96 valence electrons. The quantitative estimate of drug-likeness (QED) is 0.553. The number of benzene rings is 3. The summed E-state index contributed by atoms with van der Waals surface area (Å²) < 4.78 is 0. The van der Waals surface area contributed by atoms with Gasteiger partial charge in [-0.15, -0.1) is 0 Å². The van der Waals surface area contributed by atoms with E-state index in [0.29, 0.717) is 5.92 Å². The van der Waals surface area contributed by atoms with Crippen molar-refractivity contribution in [1.29, 1.82) is 0 Å². The second-order valence-corrected chi connectivity index (χ2v) is 5.54. The average Bonchev–Trinajstić information content (AvgIpc) is 2.49. The molecule has 0 fully saturated rings. The fraction of sp³-hybridized carbons (Fsp3) is 0.100. The third-order valence-electron chi connectivity index (χ3n) is 4.21. The molecule has 3 aromatic rings. The van der Waals surface area contributed by atoms with E-state index in [9.17, 15) is 0 Å². The van der Waals surface area contributed by atoms with Crippen molar-refractivity contribution in [3.8, 4) is 0 Å². The molecule has 0 nitrogen and oxygen atoms in total. The molecule has 0 bridgehead atoms. The second-order valence-electron chi connectivity index (χ2n) is 5.54. The highest BCUT2D eigenvalue weighted by Crippen LogP contribution is 2.38. The van der Waals surface area contributed by atoms with Crippen LogP contribution in [0.2, 0.25) is 0 Å². The first-order valence-electron chi connectivity index (χ1n) is 7.09. The van der Waals surface area contributed by atoms with Crippen LogP contribution in [0.15, 0.2) is 66.7 Å². The Hall–Kier alpha value is -2.34. The summed E-state index contributed by atoms with van der Waals surface area (Å²) in [6.07, 6.45) is 4.58. The minimum Gasteiger partial charge on any atom is -0.0720 e. The van der Waals surface area contributed by atoms with Gasteiger partial charge in [-0.25, -0.2) is 0 Å². The minimum atomic E-state index is 0.370. The molecule has 0 heterocycles. The maximum absolute atomic E-state index is 2.32. The first kappa shape index (κ1) is 11.5. The third-order valence-corrected chi connectivity index (χ3v) is 4.21. The highest BCUT2D eigenvalue weighted by molar-refractivity contribution is 5.96. The second kappa shape index (κ2) is 4.35. The highest BCUT2D eigenvalue weighted by atomic mass is 14.2. The molecule has 1 atom stereocenters. The lowest BCUT2D eigenvalue weighted by Crippen LogP contribution is -2.03. The van der Waals surface area contributed by atoms with Gasteiger partial charge < -0.3 is 0 Å². The summed E-state index contributed by atoms with van der Waals surface area (Å²) in [5, 5.41) is 2.74. The fourth-order valence-electron chi connectivity index (χ4n) is 3.17. The molecule has 0 radical (unpaired) electrons. The molecule has 0 aromatic heterocycles. The number of hydrogen-bond donors (Lipinski definition) is 0. The standard InChI is InChI=1S/C20H16/c1-14-8-10-15(11-9-14)18-13-12-17-5-2-4-16-6-3-7-19(18)20(16)17/h2-13,18H,1H3. The Morgan fingerprint density at radius 1 is 0.800 bits per heavy atom. The summed E-state index contributed by atoms with van der Waals surface area (Å²) in [5.41, 5.74) is 5.44. The van der Waals surface area contributed by atoms with Crippen LogP contribution in [-0.4, -0.2) is 0 Å². The Balaban J connectivity index is 1.96. The molecular weight excluding hydrogens is 240 g/mol. The lowest BCUT2D eigenvalue weighted by molar-refractivity contribution is 1.04. The molecule has 0 N–H and O–H groups in total. The van der Waals surface area contributed by atoms with Gasteiger partial charge in [0.15, 0.2) is 0 Å². The minimum absolute atomic E-state index is 0.370. The number of hydrogen-bond acceptors (Lipinski definition) is 0. The van der Waals surface area contributed by atoms with Crippen LogP contribution in [0.1, 0.15) is 28.2 Å². The number of rotatable bonds is 1. The number of aryl methyl sites for hydroxylation is 1. The van der Waals surface area contributed by atoms with Crippen molar-refractivity contribution >= 4 is 16.8 Å². The summed E-state index contributed by atoms with van der Waals surface area (Å²) in [7, 11) is 0. The van der Waals surface area contributed by atoms with E-state index in [-0.39, 0.29) is 0 Å². The SMILES string of the molecule is Cc1ccc(C2C=Cc3cccc4cccc2c34)cc1. The molecule has 0 amide bonds. The van der Waals surface area contributed by atoms with Gasteiger partial charge in [-0.05, 0) is 34.4 Å². The van der Waals surface area contributed by atoms with Crippen molar-refractivity contribution < 1.29 is 0 Å². The topological polar surface area (TPSA) is 0 Å². The van der Waals surface area contributed by atoms with Crippen LogP contribution in [0.3, 0.4) is 0 Å². The van der Waals surface area contributed by atoms with Crippen LogP contribution in [0.5, 0.6) is 0 Å². The van der Waals surface area contributed by atoms with Crippen molar-refractivity contribution in [3.05, 3.63) is 89.0 Å². The first-order valence-corrected chi connectivity index (χ1v) is 7.09. The van der Waals surface area contributed by atoms with Gasteiger partial charge >= 0.3 is 0 Å². The summed E-state index contributed by atoms with van der Waals surface area (Å²) >= 11 is 0. The summed E-state index contributed by atoms with van der Waals surface area (Å²) in [6, 6.07) is 22.1. The van der Waals surface area contributed by atoms with Gasteiger partial charge in [0.1, 0.15) is 0 Å².